The molecule has 1 fully saturated rings. The fourth-order valence-electron chi connectivity index (χ4n) is 1.92. The molecule has 1 aliphatic heterocycles. The molecule has 0 aromatic heterocycles. The number of likely N-dealkylation sites (tertiary alicyclic amines) is 1. The molecule has 1 rings (SSSR count). The van der Waals surface area contributed by atoms with Crippen LogP contribution >= 0.6 is 0 Å². The van der Waals surface area contributed by atoms with E-state index >= 15 is 0 Å². The zero-order valence-electron chi connectivity index (χ0n) is 11.2. The highest BCUT2D eigenvalue weighted by Gasteiger charge is 2.28. The molecule has 0 bridgehead atoms. The quantitative estimate of drug-likeness (QED) is 0.772. The molecule has 0 unspecified atom stereocenters. The number of amides is 2. The minimum absolute atomic E-state index is 0.0296. The number of hydrogen-bond acceptors (Lipinski definition) is 4. The summed E-state index contributed by atoms with van der Waals surface area (Å²) in [6.07, 6.45) is 1.11. The maximum absolute atomic E-state index is 11.8. The standard InChI is InChI=1S/C12H22N2O4/c1-12(2,3)18-11(17)13-7-10(16)14-6-4-5-9(14)8-15/h9,15H,4-8H2,1-3H3,(H,13,17)/t9-/m1/s1. The Morgan fingerprint density at radius 1 is 1.44 bits per heavy atom. The molecular weight excluding hydrogens is 236 g/mol. The molecule has 0 spiro atoms. The molecule has 18 heavy (non-hydrogen) atoms. The van der Waals surface area contributed by atoms with Crippen molar-refractivity contribution in [3.63, 3.8) is 0 Å². The molecule has 0 aromatic carbocycles. The number of carbonyl (C=O) groups is 2. The number of hydrogen-bond donors (Lipinski definition) is 2. The summed E-state index contributed by atoms with van der Waals surface area (Å²) in [5.41, 5.74) is -0.575. The Labute approximate surface area is 107 Å². The van der Waals surface area contributed by atoms with Gasteiger partial charge in [-0.2, -0.15) is 0 Å². The van der Waals surface area contributed by atoms with Gasteiger partial charge in [-0.1, -0.05) is 0 Å². The van der Waals surface area contributed by atoms with Crippen LogP contribution in [0.1, 0.15) is 33.6 Å². The monoisotopic (exact) mass is 258 g/mol. The van der Waals surface area contributed by atoms with Crippen LogP contribution in [0, 0.1) is 0 Å². The van der Waals surface area contributed by atoms with Gasteiger partial charge in [0.2, 0.25) is 5.91 Å². The van der Waals surface area contributed by atoms with E-state index in [4.69, 9.17) is 9.84 Å². The summed E-state index contributed by atoms with van der Waals surface area (Å²) in [6.45, 7) is 5.80. The molecule has 1 atom stereocenters. The van der Waals surface area contributed by atoms with E-state index in [0.717, 1.165) is 12.8 Å². The molecule has 0 saturated carbocycles. The van der Waals surface area contributed by atoms with Gasteiger partial charge >= 0.3 is 6.09 Å². The third-order valence-corrected chi connectivity index (χ3v) is 2.69. The van der Waals surface area contributed by atoms with Crippen LogP contribution in [0.25, 0.3) is 0 Å². The molecule has 1 aliphatic rings. The van der Waals surface area contributed by atoms with Gasteiger partial charge in [-0.25, -0.2) is 4.79 Å². The first-order valence-corrected chi connectivity index (χ1v) is 6.20. The van der Waals surface area contributed by atoms with Crippen molar-refractivity contribution in [2.45, 2.75) is 45.3 Å². The van der Waals surface area contributed by atoms with Gasteiger partial charge in [0.15, 0.2) is 0 Å². The van der Waals surface area contributed by atoms with Gasteiger partial charge in [-0.15, -0.1) is 0 Å². The summed E-state index contributed by atoms with van der Waals surface area (Å²) < 4.78 is 5.03. The summed E-state index contributed by atoms with van der Waals surface area (Å²) in [4.78, 5) is 24.8. The van der Waals surface area contributed by atoms with Crippen molar-refractivity contribution in [1.29, 1.82) is 0 Å². The predicted octanol–water partition coefficient (Wildman–Crippen LogP) is 0.494. The van der Waals surface area contributed by atoms with E-state index in [0.29, 0.717) is 6.54 Å². The van der Waals surface area contributed by atoms with E-state index < -0.39 is 11.7 Å². The largest absolute Gasteiger partial charge is 0.444 e. The van der Waals surface area contributed by atoms with Gasteiger partial charge in [-0.05, 0) is 33.6 Å². The molecular formula is C12H22N2O4. The average Bonchev–Trinajstić information content (AvgIpc) is 2.71. The van der Waals surface area contributed by atoms with Crippen molar-refractivity contribution in [3.05, 3.63) is 0 Å². The van der Waals surface area contributed by atoms with Crippen molar-refractivity contribution in [2.24, 2.45) is 0 Å². The molecule has 2 amide bonds. The normalized spacial score (nSPS) is 19.8. The lowest BCUT2D eigenvalue weighted by atomic mass is 10.2. The molecule has 0 radical (unpaired) electrons. The van der Waals surface area contributed by atoms with E-state index in [2.05, 4.69) is 5.32 Å². The molecule has 0 aromatic rings. The average molecular weight is 258 g/mol. The van der Waals surface area contributed by atoms with Crippen molar-refractivity contribution >= 4 is 12.0 Å². The number of alkyl carbamates (subject to hydrolysis) is 1. The molecule has 6 heteroatoms. The van der Waals surface area contributed by atoms with Gasteiger partial charge in [0, 0.05) is 6.54 Å². The number of ether oxygens (including phenoxy) is 1. The number of carbonyl (C=O) groups excluding carboxylic acids is 2. The first kappa shape index (κ1) is 14.8. The Balaban J connectivity index is 2.35. The fraction of sp³-hybridized carbons (Fsp3) is 0.833. The molecule has 104 valence electrons. The third-order valence-electron chi connectivity index (χ3n) is 2.69. The van der Waals surface area contributed by atoms with Crippen molar-refractivity contribution in [2.75, 3.05) is 19.7 Å². The zero-order valence-corrected chi connectivity index (χ0v) is 11.2. The molecule has 1 saturated heterocycles. The molecule has 6 nitrogen and oxygen atoms in total. The minimum Gasteiger partial charge on any atom is -0.444 e. The topological polar surface area (TPSA) is 78.9 Å². The minimum atomic E-state index is -0.601. The van der Waals surface area contributed by atoms with Gasteiger partial charge in [0.25, 0.3) is 0 Å². The highest BCUT2D eigenvalue weighted by Crippen LogP contribution is 2.16. The molecule has 1 heterocycles. The zero-order chi connectivity index (χ0) is 13.8. The van der Waals surface area contributed by atoms with E-state index in [9.17, 15) is 9.59 Å². The number of aliphatic hydroxyl groups is 1. The Kier molecular flexibility index (Phi) is 4.95. The van der Waals surface area contributed by atoms with E-state index in [1.165, 1.54) is 0 Å². The van der Waals surface area contributed by atoms with Crippen LogP contribution in [-0.2, 0) is 9.53 Å². The second kappa shape index (κ2) is 6.04. The van der Waals surface area contributed by atoms with Crippen LogP contribution in [0.3, 0.4) is 0 Å². The first-order chi connectivity index (χ1) is 8.33. The van der Waals surface area contributed by atoms with Crippen LogP contribution < -0.4 is 5.32 Å². The van der Waals surface area contributed by atoms with Gasteiger partial charge < -0.3 is 20.1 Å². The first-order valence-electron chi connectivity index (χ1n) is 6.20. The summed E-state index contributed by atoms with van der Waals surface area (Å²) in [5, 5.41) is 11.5. The molecule has 0 aliphatic carbocycles. The summed E-state index contributed by atoms with van der Waals surface area (Å²) in [6, 6.07) is -0.113. The smallest absolute Gasteiger partial charge is 0.408 e. The maximum atomic E-state index is 11.8. The van der Waals surface area contributed by atoms with Gasteiger partial charge in [0.1, 0.15) is 12.1 Å². The van der Waals surface area contributed by atoms with Crippen molar-refractivity contribution in [3.8, 4) is 0 Å². The highest BCUT2D eigenvalue weighted by molar-refractivity contribution is 5.82. The summed E-state index contributed by atoms with van der Waals surface area (Å²) in [7, 11) is 0. The van der Waals surface area contributed by atoms with Crippen LogP contribution in [-0.4, -0.2) is 53.3 Å². The SMILES string of the molecule is CC(C)(C)OC(=O)NCC(=O)N1CCC[C@@H]1CO. The van der Waals surface area contributed by atoms with Crippen LogP contribution in [0.5, 0.6) is 0 Å². The molecule has 2 N–H and O–H groups in total. The fourth-order valence-corrected chi connectivity index (χ4v) is 1.92. The van der Waals surface area contributed by atoms with Crippen LogP contribution in [0.2, 0.25) is 0 Å². The van der Waals surface area contributed by atoms with Crippen LogP contribution in [0.15, 0.2) is 0 Å². The van der Waals surface area contributed by atoms with E-state index in [1.54, 1.807) is 25.7 Å². The van der Waals surface area contributed by atoms with E-state index in [-0.39, 0.29) is 25.1 Å². The number of nitrogens with zero attached hydrogens (tertiary/aromatic N) is 1. The third kappa shape index (κ3) is 4.52. The highest BCUT2D eigenvalue weighted by atomic mass is 16.6. The number of nitrogens with one attached hydrogen (secondary N) is 1. The number of aliphatic hydroxyl groups excluding tert-OH is 1. The van der Waals surface area contributed by atoms with Gasteiger partial charge in [0.05, 0.1) is 12.6 Å². The lowest BCUT2D eigenvalue weighted by molar-refractivity contribution is -0.131. The Bertz CT molecular complexity index is 312. The van der Waals surface area contributed by atoms with Crippen molar-refractivity contribution in [1.82, 2.24) is 10.2 Å². The lowest BCUT2D eigenvalue weighted by Crippen LogP contribution is -2.44. The summed E-state index contributed by atoms with van der Waals surface area (Å²) in [5.74, 6) is -0.183. The van der Waals surface area contributed by atoms with Gasteiger partial charge in [-0.3, -0.25) is 4.79 Å². The second-order valence-electron chi connectivity index (χ2n) is 5.42. The Morgan fingerprint density at radius 3 is 2.67 bits per heavy atom. The van der Waals surface area contributed by atoms with E-state index in [1.807, 2.05) is 0 Å². The Hall–Kier alpha value is -1.30. The number of rotatable bonds is 3. The van der Waals surface area contributed by atoms with Crippen LogP contribution in [0.4, 0.5) is 4.79 Å². The Morgan fingerprint density at radius 2 is 2.11 bits per heavy atom. The van der Waals surface area contributed by atoms with Crippen molar-refractivity contribution < 1.29 is 19.4 Å². The maximum Gasteiger partial charge on any atom is 0.408 e. The lowest BCUT2D eigenvalue weighted by Gasteiger charge is -2.24. The predicted molar refractivity (Wildman–Crippen MR) is 66.1 cm³/mol. The summed E-state index contributed by atoms with van der Waals surface area (Å²) >= 11 is 0. The second-order valence-corrected chi connectivity index (χ2v) is 5.42.